The lowest BCUT2D eigenvalue weighted by atomic mass is 9.76. The van der Waals surface area contributed by atoms with Gasteiger partial charge in [-0.15, -0.1) is 0 Å². The van der Waals surface area contributed by atoms with E-state index in [1.807, 2.05) is 74.4 Å². The molecule has 0 radical (unpaired) electrons. The second kappa shape index (κ2) is 15.9. The first-order valence-corrected chi connectivity index (χ1v) is 16.5. The third kappa shape index (κ3) is 10.1. The highest BCUT2D eigenvalue weighted by Gasteiger charge is 2.46. The molecule has 0 bridgehead atoms. The summed E-state index contributed by atoms with van der Waals surface area (Å²) in [6.45, 7) is 18.8. The minimum absolute atomic E-state index is 0.0376. The van der Waals surface area contributed by atoms with Gasteiger partial charge < -0.3 is 25.2 Å². The maximum atomic E-state index is 14.2. The van der Waals surface area contributed by atoms with Crippen LogP contribution in [0.3, 0.4) is 0 Å². The summed E-state index contributed by atoms with van der Waals surface area (Å²) in [6.07, 6.45) is -3.41. The molecule has 0 aliphatic carbocycles. The molecule has 2 N–H and O–H groups in total. The molecule has 49 heavy (non-hydrogen) atoms. The zero-order valence-corrected chi connectivity index (χ0v) is 30.8. The molecule has 2 rings (SSSR count). The van der Waals surface area contributed by atoms with Gasteiger partial charge in [0.2, 0.25) is 17.7 Å². The predicted molar refractivity (Wildman–Crippen MR) is 180 cm³/mol. The van der Waals surface area contributed by atoms with Crippen LogP contribution in [0.2, 0.25) is 0 Å². The van der Waals surface area contributed by atoms with Crippen molar-refractivity contribution in [3.05, 3.63) is 46.5 Å². The van der Waals surface area contributed by atoms with Crippen LogP contribution >= 0.6 is 0 Å². The highest BCUT2D eigenvalue weighted by molar-refractivity contribution is 5.98. The molecular weight excluding hydrogens is 641 g/mol. The second-order valence-corrected chi connectivity index (χ2v) is 15.0. The Morgan fingerprint density at radius 2 is 1.53 bits per heavy atom. The lowest BCUT2D eigenvalue weighted by molar-refractivity contribution is -0.203. The van der Waals surface area contributed by atoms with Crippen molar-refractivity contribution in [2.24, 2.45) is 11.3 Å². The van der Waals surface area contributed by atoms with Gasteiger partial charge in [0, 0.05) is 24.6 Å². The first kappa shape index (κ1) is 41.4. The molecule has 274 valence electrons. The van der Waals surface area contributed by atoms with Crippen LogP contribution in [0.1, 0.15) is 84.9 Å². The number of nitrogens with one attached hydrogen (secondary N) is 2. The largest absolute Gasteiger partial charge is 0.491 e. The Labute approximate surface area is 288 Å². The predicted octanol–water partition coefficient (Wildman–Crippen LogP) is 4.75. The summed E-state index contributed by atoms with van der Waals surface area (Å²) in [7, 11) is 3.28. The van der Waals surface area contributed by atoms with E-state index in [9.17, 15) is 37.1 Å². The van der Waals surface area contributed by atoms with Crippen molar-refractivity contribution in [1.82, 2.24) is 20.4 Å². The van der Waals surface area contributed by atoms with Gasteiger partial charge in [-0.1, -0.05) is 83.9 Å². The van der Waals surface area contributed by atoms with Crippen molar-refractivity contribution in [2.75, 3.05) is 20.6 Å². The van der Waals surface area contributed by atoms with E-state index in [0.717, 1.165) is 21.6 Å². The number of likely N-dealkylation sites (N-methyl/N-ethyl adjacent to an activating group) is 2. The number of esters is 2. The summed E-state index contributed by atoms with van der Waals surface area (Å²) in [5.74, 6) is -5.66. The topological polar surface area (TPSA) is 125 Å². The number of amides is 3. The number of alkyl halides is 3. The molecule has 10 nitrogen and oxygen atoms in total. The number of carbonyl (C=O) groups is 5. The highest BCUT2D eigenvalue weighted by atomic mass is 19.4. The first-order valence-electron chi connectivity index (χ1n) is 16.5. The number of likely N-dealkylation sites (tertiary alicyclic amines) is 1. The molecule has 1 saturated heterocycles. The van der Waals surface area contributed by atoms with E-state index >= 15 is 0 Å². The summed E-state index contributed by atoms with van der Waals surface area (Å²) >= 11 is 0. The SMILES string of the molecule is CN[C@H](C(=O)N[C@H](C(=O)N(C)[C@H](/C=C(\C)C(=O)N1CCC[C@H]1C(=O)OC(=O)C(F)(F)F)C(C)C)C(C)(C)C)C(C)(C)c1cc(C)cc(C)c1. The molecule has 1 aliphatic rings. The molecule has 13 heteroatoms. The fourth-order valence-corrected chi connectivity index (χ4v) is 6.34. The first-order chi connectivity index (χ1) is 22.3. The molecule has 1 aliphatic heterocycles. The second-order valence-electron chi connectivity index (χ2n) is 15.0. The quantitative estimate of drug-likeness (QED) is 0.195. The van der Waals surface area contributed by atoms with E-state index in [1.165, 1.54) is 11.8 Å². The van der Waals surface area contributed by atoms with Crippen molar-refractivity contribution < 1.29 is 41.9 Å². The van der Waals surface area contributed by atoms with Crippen LogP contribution in [-0.2, 0) is 34.1 Å². The molecule has 0 spiro atoms. The van der Waals surface area contributed by atoms with Crippen molar-refractivity contribution in [2.45, 2.75) is 118 Å². The van der Waals surface area contributed by atoms with Gasteiger partial charge in [-0.2, -0.15) is 13.2 Å². The third-order valence-electron chi connectivity index (χ3n) is 9.08. The van der Waals surface area contributed by atoms with Crippen molar-refractivity contribution in [1.29, 1.82) is 0 Å². The Bertz CT molecular complexity index is 1430. The average Bonchev–Trinajstić information content (AvgIpc) is 3.46. The number of benzene rings is 1. The molecule has 1 aromatic carbocycles. The Kier molecular flexibility index (Phi) is 13.4. The summed E-state index contributed by atoms with van der Waals surface area (Å²) in [5.41, 5.74) is 1.91. The molecular formula is C36H53F3N4O6. The van der Waals surface area contributed by atoms with Crippen LogP contribution in [0, 0.1) is 25.2 Å². The molecule has 3 amide bonds. The van der Waals surface area contributed by atoms with Crippen molar-refractivity contribution in [3.8, 4) is 0 Å². The average molecular weight is 695 g/mol. The minimum atomic E-state index is -5.35. The Hall–Kier alpha value is -3.74. The smallest absolute Gasteiger partial charge is 0.385 e. The van der Waals surface area contributed by atoms with Crippen LogP contribution in [0.4, 0.5) is 13.2 Å². The monoisotopic (exact) mass is 694 g/mol. The number of carbonyl (C=O) groups excluding carboxylic acids is 5. The van der Waals surface area contributed by atoms with Crippen LogP contribution < -0.4 is 10.6 Å². The molecule has 1 fully saturated rings. The fraction of sp³-hybridized carbons (Fsp3) is 0.639. The summed E-state index contributed by atoms with van der Waals surface area (Å²) in [6, 6.07) is 2.52. The van der Waals surface area contributed by atoms with E-state index in [4.69, 9.17) is 0 Å². The van der Waals surface area contributed by atoms with Gasteiger partial charge in [0.15, 0.2) is 0 Å². The number of halogens is 3. The van der Waals surface area contributed by atoms with Crippen LogP contribution in [0.5, 0.6) is 0 Å². The maximum Gasteiger partial charge on any atom is 0.491 e. The molecule has 0 saturated carbocycles. The van der Waals surface area contributed by atoms with Gasteiger partial charge in [-0.25, -0.2) is 9.59 Å². The fourth-order valence-electron chi connectivity index (χ4n) is 6.34. The van der Waals surface area contributed by atoms with E-state index in [-0.39, 0.29) is 36.3 Å². The number of rotatable bonds is 11. The molecule has 1 aromatic rings. The van der Waals surface area contributed by atoms with E-state index in [0.29, 0.717) is 6.42 Å². The summed E-state index contributed by atoms with van der Waals surface area (Å²) < 4.78 is 42.0. The van der Waals surface area contributed by atoms with Crippen LogP contribution in [-0.4, -0.2) is 90.4 Å². The van der Waals surface area contributed by atoms with Crippen molar-refractivity contribution >= 4 is 29.7 Å². The number of aryl methyl sites for hydroxylation is 2. The Morgan fingerprint density at radius 1 is 0.980 bits per heavy atom. The lowest BCUT2D eigenvalue weighted by Gasteiger charge is -2.40. The Balaban J connectivity index is 2.35. The summed E-state index contributed by atoms with van der Waals surface area (Å²) in [4.78, 5) is 67.8. The number of ether oxygens (including phenoxy) is 1. The van der Waals surface area contributed by atoms with Crippen LogP contribution in [0.15, 0.2) is 29.8 Å². The van der Waals surface area contributed by atoms with Gasteiger partial charge in [-0.05, 0) is 57.6 Å². The number of hydrogen-bond donors (Lipinski definition) is 2. The normalized spacial score (nSPS) is 17.8. The van der Waals surface area contributed by atoms with Crippen molar-refractivity contribution in [3.63, 3.8) is 0 Å². The number of hydrogen-bond acceptors (Lipinski definition) is 7. The molecule has 1 heterocycles. The van der Waals surface area contributed by atoms with Gasteiger partial charge in [0.05, 0.1) is 12.1 Å². The minimum Gasteiger partial charge on any atom is -0.385 e. The molecule has 0 unspecified atom stereocenters. The highest BCUT2D eigenvalue weighted by Crippen LogP contribution is 2.31. The van der Waals surface area contributed by atoms with Crippen LogP contribution in [0.25, 0.3) is 0 Å². The molecule has 4 atom stereocenters. The van der Waals surface area contributed by atoms with E-state index in [1.54, 1.807) is 20.2 Å². The maximum absolute atomic E-state index is 14.2. The van der Waals surface area contributed by atoms with Gasteiger partial charge in [0.1, 0.15) is 12.1 Å². The number of nitrogens with zero attached hydrogens (tertiary/aromatic N) is 2. The zero-order valence-electron chi connectivity index (χ0n) is 30.8. The third-order valence-corrected chi connectivity index (χ3v) is 9.08. The lowest BCUT2D eigenvalue weighted by Crippen LogP contribution is -2.61. The molecule has 0 aromatic heterocycles. The van der Waals surface area contributed by atoms with Gasteiger partial charge in [0.25, 0.3) is 0 Å². The Morgan fingerprint density at radius 3 is 2.00 bits per heavy atom. The standard InChI is InChI=1S/C36H53F3N4O6/c1-20(2)26(19-23(5)30(45)43-15-13-14-25(43)32(47)49-33(48)36(37,38)39)42(12)31(46)28(34(6,7)8)41-29(44)27(40-11)35(9,10)24-17-21(3)16-22(4)18-24/h16-20,25-28,40H,13-15H2,1-12H3,(H,41,44)/b23-19+/t25-,26+,27+,28+/m0/s1. The van der Waals surface area contributed by atoms with E-state index in [2.05, 4.69) is 21.4 Å². The van der Waals surface area contributed by atoms with Gasteiger partial charge >= 0.3 is 18.1 Å². The summed E-state index contributed by atoms with van der Waals surface area (Å²) in [5, 5.41) is 6.15. The van der Waals surface area contributed by atoms with E-state index < -0.39 is 59.0 Å². The van der Waals surface area contributed by atoms with Gasteiger partial charge in [-0.3, -0.25) is 14.4 Å². The zero-order chi connectivity index (χ0) is 37.8.